The average Bonchev–Trinajstić information content (AvgIpc) is 2.66. The second-order valence-electron chi connectivity index (χ2n) is 8.39. The summed E-state index contributed by atoms with van der Waals surface area (Å²) in [5.74, 6) is -0.766. The average molecular weight is 394 g/mol. The Morgan fingerprint density at radius 3 is 2.45 bits per heavy atom. The molecule has 0 atom stereocenters. The van der Waals surface area contributed by atoms with Crippen LogP contribution in [0.3, 0.4) is 0 Å². The fourth-order valence-electron chi connectivity index (χ4n) is 4.70. The van der Waals surface area contributed by atoms with Crippen LogP contribution in [-0.4, -0.2) is 35.5 Å². The Morgan fingerprint density at radius 1 is 1.14 bits per heavy atom. The second-order valence-corrected chi connectivity index (χ2v) is 8.39. The van der Waals surface area contributed by atoms with Crippen molar-refractivity contribution < 1.29 is 9.59 Å². The van der Waals surface area contributed by atoms with Crippen LogP contribution in [0.15, 0.2) is 47.4 Å². The van der Waals surface area contributed by atoms with Gasteiger partial charge in [-0.2, -0.15) is 0 Å². The summed E-state index contributed by atoms with van der Waals surface area (Å²) in [5, 5.41) is 5.52. The van der Waals surface area contributed by atoms with Crippen LogP contribution in [-0.2, 0) is 6.54 Å². The highest BCUT2D eigenvalue weighted by Crippen LogP contribution is 2.55. The summed E-state index contributed by atoms with van der Waals surface area (Å²) in [5.41, 5.74) is 6.98. The van der Waals surface area contributed by atoms with Crippen molar-refractivity contribution in [3.05, 3.63) is 69.6 Å². The van der Waals surface area contributed by atoms with Crippen LogP contribution in [0.2, 0.25) is 0 Å². The minimum absolute atomic E-state index is 0.0360. The van der Waals surface area contributed by atoms with Gasteiger partial charge < -0.3 is 20.9 Å². The molecular formula is C22H26N4O3. The zero-order valence-electron chi connectivity index (χ0n) is 16.5. The largest absolute Gasteiger partial charge is 0.355 e. The Labute approximate surface area is 169 Å². The molecule has 0 unspecified atom stereocenters. The zero-order chi connectivity index (χ0) is 20.6. The molecule has 152 valence electrons. The molecule has 0 bridgehead atoms. The van der Waals surface area contributed by atoms with Crippen LogP contribution in [0.5, 0.6) is 0 Å². The van der Waals surface area contributed by atoms with E-state index in [9.17, 15) is 14.4 Å². The van der Waals surface area contributed by atoms with Gasteiger partial charge in [0.05, 0.1) is 12.1 Å². The number of nitrogens with zero attached hydrogens (tertiary/aromatic N) is 1. The molecular weight excluding hydrogens is 368 g/mol. The molecule has 1 aromatic heterocycles. The van der Waals surface area contributed by atoms with Crippen molar-refractivity contribution in [3.63, 3.8) is 0 Å². The molecule has 0 aliphatic heterocycles. The third kappa shape index (κ3) is 3.82. The second kappa shape index (κ2) is 7.48. The quantitative estimate of drug-likeness (QED) is 0.710. The number of hydrogen-bond acceptors (Lipinski definition) is 4. The summed E-state index contributed by atoms with van der Waals surface area (Å²) in [6.45, 7) is 0.287. The van der Waals surface area contributed by atoms with Crippen LogP contribution in [0.25, 0.3) is 0 Å². The molecule has 0 saturated heterocycles. The Balaban J connectivity index is 1.55. The van der Waals surface area contributed by atoms with Gasteiger partial charge in [-0.05, 0) is 42.7 Å². The van der Waals surface area contributed by atoms with E-state index in [1.54, 1.807) is 0 Å². The summed E-state index contributed by atoms with van der Waals surface area (Å²) < 4.78 is 1.42. The standard InChI is InChI=1S/C22H26N4O3/c1-24-20(28)18-7-15(13-26(21(18)29)12-14-5-3-2-4-6-14)19(27)25-17-10-22(11-17)8-16(23)9-22/h2-7,13,16-17H,8-12,23H2,1H3,(H,24,28)(H,25,27). The predicted molar refractivity (Wildman–Crippen MR) is 110 cm³/mol. The van der Waals surface area contributed by atoms with Gasteiger partial charge in [-0.25, -0.2) is 0 Å². The number of nitrogens with one attached hydrogen (secondary N) is 2. The lowest BCUT2D eigenvalue weighted by Crippen LogP contribution is -2.59. The maximum Gasteiger partial charge on any atom is 0.263 e. The van der Waals surface area contributed by atoms with E-state index < -0.39 is 11.5 Å². The van der Waals surface area contributed by atoms with Crippen LogP contribution < -0.4 is 21.9 Å². The van der Waals surface area contributed by atoms with Gasteiger partial charge in [0.25, 0.3) is 17.4 Å². The highest BCUT2D eigenvalue weighted by Gasteiger charge is 2.52. The molecule has 1 spiro atoms. The topological polar surface area (TPSA) is 106 Å². The van der Waals surface area contributed by atoms with Crippen molar-refractivity contribution in [2.24, 2.45) is 11.1 Å². The summed E-state index contributed by atoms with van der Waals surface area (Å²) in [4.78, 5) is 37.8. The minimum Gasteiger partial charge on any atom is -0.355 e. The lowest BCUT2D eigenvalue weighted by molar-refractivity contribution is -0.0159. The van der Waals surface area contributed by atoms with E-state index in [1.165, 1.54) is 23.9 Å². The third-order valence-corrected chi connectivity index (χ3v) is 6.10. The van der Waals surface area contributed by atoms with E-state index in [4.69, 9.17) is 5.73 Å². The minimum atomic E-state index is -0.502. The van der Waals surface area contributed by atoms with Gasteiger partial charge in [0.2, 0.25) is 0 Å². The summed E-state index contributed by atoms with van der Waals surface area (Å²) in [6.07, 6.45) is 5.48. The van der Waals surface area contributed by atoms with Gasteiger partial charge in [0.15, 0.2) is 0 Å². The Hall–Kier alpha value is -2.93. The molecule has 1 heterocycles. The van der Waals surface area contributed by atoms with E-state index in [-0.39, 0.29) is 24.1 Å². The molecule has 29 heavy (non-hydrogen) atoms. The fourth-order valence-corrected chi connectivity index (χ4v) is 4.70. The van der Waals surface area contributed by atoms with Crippen molar-refractivity contribution in [3.8, 4) is 0 Å². The van der Waals surface area contributed by atoms with Gasteiger partial charge >= 0.3 is 0 Å². The van der Waals surface area contributed by atoms with E-state index in [2.05, 4.69) is 10.6 Å². The molecule has 2 aliphatic rings. The number of pyridine rings is 1. The number of hydrogen-bond donors (Lipinski definition) is 3. The molecule has 0 radical (unpaired) electrons. The van der Waals surface area contributed by atoms with Crippen LogP contribution in [0.4, 0.5) is 0 Å². The smallest absolute Gasteiger partial charge is 0.263 e. The van der Waals surface area contributed by atoms with E-state index in [0.717, 1.165) is 31.2 Å². The first kappa shape index (κ1) is 19.4. The molecule has 1 aromatic carbocycles. The number of amides is 2. The van der Waals surface area contributed by atoms with Crippen molar-refractivity contribution in [1.82, 2.24) is 15.2 Å². The van der Waals surface area contributed by atoms with Crippen LogP contribution in [0.1, 0.15) is 52.0 Å². The Kier molecular flexibility index (Phi) is 5.00. The first-order valence-corrected chi connectivity index (χ1v) is 9.96. The SMILES string of the molecule is CNC(=O)c1cc(C(=O)NC2CC3(CC(N)C3)C2)cn(Cc2ccccc2)c1=O. The lowest BCUT2D eigenvalue weighted by atomic mass is 9.52. The number of rotatable bonds is 5. The predicted octanol–water partition coefficient (Wildman–Crippen LogP) is 1.26. The highest BCUT2D eigenvalue weighted by atomic mass is 16.2. The summed E-state index contributed by atoms with van der Waals surface area (Å²) in [7, 11) is 1.47. The normalized spacial score (nSPS) is 25.0. The van der Waals surface area contributed by atoms with Crippen molar-refractivity contribution in [2.45, 2.75) is 44.3 Å². The van der Waals surface area contributed by atoms with Gasteiger partial charge in [0.1, 0.15) is 5.56 Å². The third-order valence-electron chi connectivity index (χ3n) is 6.10. The number of nitrogens with two attached hydrogens (primary N) is 1. The fraction of sp³-hybridized carbons (Fsp3) is 0.409. The molecule has 4 N–H and O–H groups in total. The number of carbonyl (C=O) groups excluding carboxylic acids is 2. The molecule has 2 saturated carbocycles. The lowest BCUT2D eigenvalue weighted by Gasteiger charge is -2.57. The maximum absolute atomic E-state index is 12.8. The van der Waals surface area contributed by atoms with Crippen LogP contribution >= 0.6 is 0 Å². The molecule has 2 aliphatic carbocycles. The Bertz CT molecular complexity index is 985. The first-order chi connectivity index (χ1) is 13.9. The van der Waals surface area contributed by atoms with E-state index >= 15 is 0 Å². The molecule has 7 heteroatoms. The van der Waals surface area contributed by atoms with E-state index in [0.29, 0.717) is 17.0 Å². The number of aromatic nitrogens is 1. The van der Waals surface area contributed by atoms with Gasteiger partial charge in [-0.3, -0.25) is 14.4 Å². The summed E-state index contributed by atoms with van der Waals surface area (Å²) >= 11 is 0. The van der Waals surface area contributed by atoms with Gasteiger partial charge in [-0.1, -0.05) is 30.3 Å². The maximum atomic E-state index is 12.8. The zero-order valence-corrected chi connectivity index (χ0v) is 16.5. The van der Waals surface area contributed by atoms with Crippen molar-refractivity contribution in [2.75, 3.05) is 7.05 Å². The molecule has 2 aromatic rings. The van der Waals surface area contributed by atoms with Crippen molar-refractivity contribution >= 4 is 11.8 Å². The molecule has 7 nitrogen and oxygen atoms in total. The van der Waals surface area contributed by atoms with Gasteiger partial charge in [0, 0.05) is 25.3 Å². The molecule has 4 rings (SSSR count). The number of carbonyl (C=O) groups is 2. The molecule has 2 fully saturated rings. The van der Waals surface area contributed by atoms with Crippen LogP contribution in [0, 0.1) is 5.41 Å². The first-order valence-electron chi connectivity index (χ1n) is 9.96. The number of benzene rings is 1. The molecule has 2 amide bonds. The van der Waals surface area contributed by atoms with E-state index in [1.807, 2.05) is 30.3 Å². The highest BCUT2D eigenvalue weighted by molar-refractivity contribution is 5.99. The Morgan fingerprint density at radius 2 is 1.83 bits per heavy atom. The van der Waals surface area contributed by atoms with Crippen molar-refractivity contribution in [1.29, 1.82) is 0 Å². The summed E-state index contributed by atoms with van der Waals surface area (Å²) in [6, 6.07) is 11.3. The monoisotopic (exact) mass is 394 g/mol. The van der Waals surface area contributed by atoms with Gasteiger partial charge in [-0.15, -0.1) is 0 Å².